The molecule has 0 saturated heterocycles. The maximum Gasteiger partial charge on any atom is 0.238 e. The number of carbonyl (C=O) groups excluding carboxylic acids is 1. The summed E-state index contributed by atoms with van der Waals surface area (Å²) in [5.74, 6) is -0.154. The number of benzene rings is 1. The molecule has 0 aromatic heterocycles. The predicted octanol–water partition coefficient (Wildman–Crippen LogP) is 1.86. The van der Waals surface area contributed by atoms with Crippen LogP contribution < -0.4 is 11.1 Å². The van der Waals surface area contributed by atoms with Crippen molar-refractivity contribution in [2.24, 2.45) is 11.1 Å². The summed E-state index contributed by atoms with van der Waals surface area (Å²) in [6.07, 6.45) is 0. The van der Waals surface area contributed by atoms with Crippen LogP contribution in [-0.4, -0.2) is 25.7 Å². The minimum absolute atomic E-state index is 0.154. The molecule has 3 N–H and O–H groups in total. The minimum Gasteiger partial charge on any atom is -0.382 e. The topological polar surface area (TPSA) is 64.3 Å². The average molecular weight is 264 g/mol. The lowest BCUT2D eigenvalue weighted by molar-refractivity contribution is -0.125. The van der Waals surface area contributed by atoms with Crippen LogP contribution in [0.5, 0.6) is 0 Å². The lowest BCUT2D eigenvalue weighted by Gasteiger charge is -2.28. The molecule has 4 heteroatoms. The van der Waals surface area contributed by atoms with E-state index in [1.807, 2.05) is 51.1 Å². The molecule has 106 valence electrons. The van der Waals surface area contributed by atoms with Gasteiger partial charge < -0.3 is 15.8 Å². The van der Waals surface area contributed by atoms with Gasteiger partial charge in [0.1, 0.15) is 0 Å². The number of nitrogens with one attached hydrogen (secondary N) is 1. The molecule has 1 amide bonds. The zero-order valence-electron chi connectivity index (χ0n) is 12.1. The van der Waals surface area contributed by atoms with E-state index < -0.39 is 6.04 Å². The Kier molecular flexibility index (Phi) is 5.51. The SMILES string of the molecule is COCC(NC(=O)[C@@H](N)C(C)(C)C)c1ccccc1. The molecule has 0 fully saturated rings. The Morgan fingerprint density at radius 3 is 2.37 bits per heavy atom. The van der Waals surface area contributed by atoms with E-state index in [2.05, 4.69) is 5.32 Å². The molecule has 19 heavy (non-hydrogen) atoms. The molecular formula is C15H24N2O2. The minimum atomic E-state index is -0.546. The van der Waals surface area contributed by atoms with Gasteiger partial charge in [0.05, 0.1) is 18.7 Å². The largest absolute Gasteiger partial charge is 0.382 e. The second-order valence-corrected chi connectivity index (χ2v) is 5.77. The number of hydrogen-bond acceptors (Lipinski definition) is 3. The summed E-state index contributed by atoms with van der Waals surface area (Å²) >= 11 is 0. The van der Waals surface area contributed by atoms with Crippen LogP contribution in [-0.2, 0) is 9.53 Å². The Bertz CT molecular complexity index is 398. The fraction of sp³-hybridized carbons (Fsp3) is 0.533. The van der Waals surface area contributed by atoms with Crippen LogP contribution in [0.25, 0.3) is 0 Å². The van der Waals surface area contributed by atoms with Crippen molar-refractivity contribution in [1.82, 2.24) is 5.32 Å². The van der Waals surface area contributed by atoms with Crippen molar-refractivity contribution in [1.29, 1.82) is 0 Å². The number of amides is 1. The molecule has 1 unspecified atom stereocenters. The molecule has 0 radical (unpaired) electrons. The van der Waals surface area contributed by atoms with Gasteiger partial charge in [0.15, 0.2) is 0 Å². The van der Waals surface area contributed by atoms with Crippen LogP contribution in [0.3, 0.4) is 0 Å². The van der Waals surface area contributed by atoms with E-state index in [9.17, 15) is 4.79 Å². The van der Waals surface area contributed by atoms with E-state index in [0.29, 0.717) is 6.61 Å². The number of rotatable bonds is 5. The second-order valence-electron chi connectivity index (χ2n) is 5.77. The smallest absolute Gasteiger partial charge is 0.238 e. The summed E-state index contributed by atoms with van der Waals surface area (Å²) in [5.41, 5.74) is 6.71. The average Bonchev–Trinajstić information content (AvgIpc) is 2.37. The fourth-order valence-electron chi connectivity index (χ4n) is 1.73. The van der Waals surface area contributed by atoms with E-state index in [-0.39, 0.29) is 17.4 Å². The first-order valence-electron chi connectivity index (χ1n) is 6.46. The van der Waals surface area contributed by atoms with Crippen LogP contribution >= 0.6 is 0 Å². The van der Waals surface area contributed by atoms with Crippen molar-refractivity contribution in [3.05, 3.63) is 35.9 Å². The van der Waals surface area contributed by atoms with Gasteiger partial charge in [-0.1, -0.05) is 51.1 Å². The predicted molar refractivity (Wildman–Crippen MR) is 76.6 cm³/mol. The maximum atomic E-state index is 12.2. The third-order valence-corrected chi connectivity index (χ3v) is 3.07. The van der Waals surface area contributed by atoms with E-state index in [4.69, 9.17) is 10.5 Å². The quantitative estimate of drug-likeness (QED) is 0.853. The number of carbonyl (C=O) groups is 1. The monoisotopic (exact) mass is 264 g/mol. The third-order valence-electron chi connectivity index (χ3n) is 3.07. The standard InChI is InChI=1S/C15H24N2O2/c1-15(2,3)13(16)14(18)17-12(10-19-4)11-8-6-5-7-9-11/h5-9,12-13H,10,16H2,1-4H3,(H,17,18)/t12?,13-/m1/s1. The van der Waals surface area contributed by atoms with Crippen molar-refractivity contribution in [3.8, 4) is 0 Å². The first-order valence-corrected chi connectivity index (χ1v) is 6.46. The summed E-state index contributed by atoms with van der Waals surface area (Å²) in [7, 11) is 1.62. The molecule has 0 aliphatic carbocycles. The van der Waals surface area contributed by atoms with Crippen LogP contribution in [0.15, 0.2) is 30.3 Å². The first-order chi connectivity index (χ1) is 8.86. The van der Waals surface area contributed by atoms with E-state index in [1.165, 1.54) is 0 Å². The Hall–Kier alpha value is -1.39. The molecule has 1 aromatic rings. The highest BCUT2D eigenvalue weighted by Crippen LogP contribution is 2.19. The molecule has 0 aliphatic heterocycles. The van der Waals surface area contributed by atoms with Gasteiger partial charge >= 0.3 is 0 Å². The zero-order valence-corrected chi connectivity index (χ0v) is 12.1. The van der Waals surface area contributed by atoms with Crippen molar-refractivity contribution in [3.63, 3.8) is 0 Å². The maximum absolute atomic E-state index is 12.2. The third kappa shape index (κ3) is 4.65. The summed E-state index contributed by atoms with van der Waals surface area (Å²) in [4.78, 5) is 12.2. The highest BCUT2D eigenvalue weighted by molar-refractivity contribution is 5.82. The van der Waals surface area contributed by atoms with Gasteiger partial charge in [-0.05, 0) is 11.0 Å². The molecule has 2 atom stereocenters. The highest BCUT2D eigenvalue weighted by Gasteiger charge is 2.29. The van der Waals surface area contributed by atoms with E-state index >= 15 is 0 Å². The highest BCUT2D eigenvalue weighted by atomic mass is 16.5. The van der Waals surface area contributed by atoms with Gasteiger partial charge in [-0.2, -0.15) is 0 Å². The molecule has 0 aliphatic rings. The van der Waals surface area contributed by atoms with Gasteiger partial charge in [0, 0.05) is 7.11 Å². The lowest BCUT2D eigenvalue weighted by atomic mass is 9.86. The Balaban J connectivity index is 2.77. The molecule has 4 nitrogen and oxygen atoms in total. The second kappa shape index (κ2) is 6.68. The first kappa shape index (κ1) is 15.7. The van der Waals surface area contributed by atoms with Crippen LogP contribution in [0.1, 0.15) is 32.4 Å². The molecule has 0 saturated carbocycles. The molecular weight excluding hydrogens is 240 g/mol. The normalized spacial score (nSPS) is 14.8. The van der Waals surface area contributed by atoms with Crippen molar-refractivity contribution < 1.29 is 9.53 Å². The van der Waals surface area contributed by atoms with Gasteiger partial charge in [-0.25, -0.2) is 0 Å². The number of ether oxygens (including phenoxy) is 1. The molecule has 0 spiro atoms. The number of hydrogen-bond donors (Lipinski definition) is 2. The lowest BCUT2D eigenvalue weighted by Crippen LogP contribution is -2.50. The molecule has 1 aromatic carbocycles. The van der Waals surface area contributed by atoms with Gasteiger partial charge in [0.2, 0.25) is 5.91 Å². The summed E-state index contributed by atoms with van der Waals surface area (Å²) in [5, 5.41) is 2.95. The molecule has 0 heterocycles. The summed E-state index contributed by atoms with van der Waals surface area (Å²) < 4.78 is 5.17. The Morgan fingerprint density at radius 2 is 1.89 bits per heavy atom. The zero-order chi connectivity index (χ0) is 14.5. The van der Waals surface area contributed by atoms with Crippen molar-refractivity contribution in [2.45, 2.75) is 32.9 Å². The summed E-state index contributed by atoms with van der Waals surface area (Å²) in [6, 6.07) is 9.03. The fourth-order valence-corrected chi connectivity index (χ4v) is 1.73. The Morgan fingerprint density at radius 1 is 1.32 bits per heavy atom. The van der Waals surface area contributed by atoms with Gasteiger partial charge in [-0.15, -0.1) is 0 Å². The van der Waals surface area contributed by atoms with Crippen molar-refractivity contribution in [2.75, 3.05) is 13.7 Å². The molecule has 1 rings (SSSR count). The van der Waals surface area contributed by atoms with Gasteiger partial charge in [0.25, 0.3) is 0 Å². The van der Waals surface area contributed by atoms with E-state index in [1.54, 1.807) is 7.11 Å². The molecule has 0 bridgehead atoms. The van der Waals surface area contributed by atoms with Crippen LogP contribution in [0.4, 0.5) is 0 Å². The van der Waals surface area contributed by atoms with Crippen molar-refractivity contribution >= 4 is 5.91 Å². The summed E-state index contributed by atoms with van der Waals surface area (Å²) in [6.45, 7) is 6.27. The number of methoxy groups -OCH3 is 1. The van der Waals surface area contributed by atoms with Crippen LogP contribution in [0.2, 0.25) is 0 Å². The van der Waals surface area contributed by atoms with Gasteiger partial charge in [-0.3, -0.25) is 4.79 Å². The van der Waals surface area contributed by atoms with Crippen LogP contribution in [0, 0.1) is 5.41 Å². The number of nitrogens with two attached hydrogens (primary N) is 1. The Labute approximate surface area is 115 Å². The van der Waals surface area contributed by atoms with E-state index in [0.717, 1.165) is 5.56 Å².